The van der Waals surface area contributed by atoms with Gasteiger partial charge in [0, 0.05) is 59.6 Å². The minimum Gasteiger partial charge on any atom is -0.468 e. The maximum absolute atomic E-state index is 12.2. The van der Waals surface area contributed by atoms with Crippen molar-refractivity contribution in [3.8, 4) is 36.6 Å². The number of aryl methyl sites for hydroxylation is 8. The second kappa shape index (κ2) is 51.3. The van der Waals surface area contributed by atoms with Crippen LogP contribution in [0.2, 0.25) is 20.1 Å². The van der Waals surface area contributed by atoms with E-state index in [-0.39, 0.29) is 86.0 Å². The number of nitrogens with zero attached hydrogens (tertiary/aromatic N) is 12. The zero-order chi connectivity index (χ0) is 99.9. The van der Waals surface area contributed by atoms with Gasteiger partial charge in [0.25, 0.3) is 0 Å². The average molecular weight is 1940 g/mol. The number of nitriles is 4. The second-order valence-electron chi connectivity index (χ2n) is 33.4. The van der Waals surface area contributed by atoms with Crippen LogP contribution in [0.5, 0.6) is 0 Å². The number of benzene rings is 4. The molecule has 34 heteroatoms. The number of terminal acetylenes is 1. The van der Waals surface area contributed by atoms with E-state index < -0.39 is 54.0 Å². The number of carbonyl (C=O) groups is 5. The third-order valence-corrected chi connectivity index (χ3v) is 22.5. The van der Waals surface area contributed by atoms with Crippen molar-refractivity contribution in [1.82, 2.24) is 39.1 Å². The lowest BCUT2D eigenvalue weighted by atomic mass is 9.86. The lowest BCUT2D eigenvalue weighted by molar-refractivity contribution is -0.137. The monoisotopic (exact) mass is 1930 g/mol. The maximum atomic E-state index is 12.2. The van der Waals surface area contributed by atoms with Gasteiger partial charge >= 0.3 is 28.9 Å². The van der Waals surface area contributed by atoms with Crippen LogP contribution in [-0.2, 0) is 105 Å². The molecule has 0 amide bonds. The number of allylic oxidation sites excluding steroid dienone is 4. The van der Waals surface area contributed by atoms with Crippen molar-refractivity contribution in [2.24, 2.45) is 0 Å². The smallest absolute Gasteiger partial charge is 0.468 e. The number of ether oxygens (including phenoxy) is 11. The summed E-state index contributed by atoms with van der Waals surface area (Å²) in [6, 6.07) is 39.6. The third kappa shape index (κ3) is 31.6. The quantitative estimate of drug-likeness (QED) is 0.00767. The number of esters is 1. The Morgan fingerprint density at radius 3 is 0.865 bits per heavy atom. The summed E-state index contributed by atoms with van der Waals surface area (Å²) in [5.74, 6) is 2.70. The molecule has 0 saturated heterocycles. The number of halogens is 4. The highest BCUT2D eigenvalue weighted by Crippen LogP contribution is 2.42. The van der Waals surface area contributed by atoms with E-state index in [0.29, 0.717) is 132 Å². The molecule has 133 heavy (non-hydrogen) atoms. The molecule has 4 atom stereocenters. The fourth-order valence-corrected chi connectivity index (χ4v) is 14.3. The highest BCUT2D eigenvalue weighted by molar-refractivity contribution is 8.13. The van der Waals surface area contributed by atoms with Crippen LogP contribution in [0.3, 0.4) is 0 Å². The van der Waals surface area contributed by atoms with Crippen molar-refractivity contribution >= 4 is 144 Å². The van der Waals surface area contributed by atoms with Crippen molar-refractivity contribution < 1.29 is 76.1 Å². The van der Waals surface area contributed by atoms with Gasteiger partial charge in [-0.3, -0.25) is 23.5 Å². The average Bonchev–Trinajstić information content (AvgIpc) is 1.68. The zero-order valence-electron chi connectivity index (χ0n) is 80.3. The number of carbonyl (C=O) groups excluding carboxylic acids is 5. The van der Waals surface area contributed by atoms with Crippen molar-refractivity contribution in [1.29, 1.82) is 21.0 Å². The minimum absolute atomic E-state index is 0.00541. The summed E-state index contributed by atoms with van der Waals surface area (Å²) < 4.78 is 65.7. The first-order valence-corrected chi connectivity index (χ1v) is 46.1. The van der Waals surface area contributed by atoms with Crippen LogP contribution in [0.4, 0.5) is 19.2 Å². The fourth-order valence-electron chi connectivity index (χ4n) is 12.4. The van der Waals surface area contributed by atoms with Crippen molar-refractivity contribution in [2.75, 3.05) is 31.8 Å². The highest BCUT2D eigenvalue weighted by Gasteiger charge is 2.33. The molecule has 0 saturated carbocycles. The Morgan fingerprint density at radius 2 is 0.654 bits per heavy atom. The summed E-state index contributed by atoms with van der Waals surface area (Å²) in [5.41, 5.74) is 12.0. The molecule has 4 aromatic carbocycles. The molecule has 0 fully saturated rings. The van der Waals surface area contributed by atoms with Gasteiger partial charge in [0.1, 0.15) is 81.7 Å². The topological polar surface area (TPSA) is 353 Å². The normalized spacial score (nSPS) is 12.9. The summed E-state index contributed by atoms with van der Waals surface area (Å²) in [6.07, 6.45) is 0.442. The van der Waals surface area contributed by atoms with E-state index >= 15 is 0 Å². The van der Waals surface area contributed by atoms with E-state index in [1.165, 1.54) is 34.0 Å². The van der Waals surface area contributed by atoms with E-state index in [1.54, 1.807) is 53.3 Å². The molecule has 0 spiro atoms. The largest absolute Gasteiger partial charge is 0.512 e. The van der Waals surface area contributed by atoms with Gasteiger partial charge in [-0.1, -0.05) is 252 Å². The number of methoxy groups -OCH3 is 1. The van der Waals surface area contributed by atoms with E-state index in [2.05, 4.69) is 145 Å². The lowest BCUT2D eigenvalue weighted by Crippen LogP contribution is -2.20. The molecule has 0 radical (unpaired) electrons. The van der Waals surface area contributed by atoms with Crippen LogP contribution in [0.1, 0.15) is 235 Å². The van der Waals surface area contributed by atoms with Gasteiger partial charge in [0.2, 0.25) is 25.2 Å². The second-order valence-corrected chi connectivity index (χ2v) is 37.1. The van der Waals surface area contributed by atoms with Crippen LogP contribution >= 0.6 is 69.9 Å². The summed E-state index contributed by atoms with van der Waals surface area (Å²) in [5, 5.41) is 58.4. The van der Waals surface area contributed by atoms with Gasteiger partial charge in [-0.2, -0.15) is 41.4 Å². The Bertz CT molecular complexity index is 5770. The molecule has 0 aliphatic rings. The first-order valence-electron chi connectivity index (χ1n) is 42.6. The van der Waals surface area contributed by atoms with Crippen molar-refractivity contribution in [3.63, 3.8) is 0 Å². The molecular weight excluding hydrogens is 1820 g/mol. The molecule has 0 N–H and O–H groups in total. The van der Waals surface area contributed by atoms with E-state index in [4.69, 9.17) is 100 Å². The van der Waals surface area contributed by atoms with E-state index in [0.717, 1.165) is 34.0 Å². The van der Waals surface area contributed by atoms with Gasteiger partial charge in [0.15, 0.2) is 29.6 Å². The molecule has 710 valence electrons. The highest BCUT2D eigenvalue weighted by atomic mass is 35.5. The van der Waals surface area contributed by atoms with Gasteiger partial charge < -0.3 is 52.1 Å². The Labute approximate surface area is 809 Å². The summed E-state index contributed by atoms with van der Waals surface area (Å²) in [4.78, 5) is 59.1. The molecular formula is C99H118Cl4N12O16S2. The fraction of sp³-hybridized carbons (Fsp3) is 0.424. The van der Waals surface area contributed by atoms with Gasteiger partial charge in [-0.05, 0) is 145 Å². The van der Waals surface area contributed by atoms with Crippen LogP contribution in [-0.4, -0.2) is 125 Å². The molecule has 28 nitrogen and oxygen atoms in total. The number of thioether (sulfide) groups is 2. The predicted octanol–water partition coefficient (Wildman–Crippen LogP) is 24.7. The molecule has 4 aromatic heterocycles. The van der Waals surface area contributed by atoms with E-state index in [9.17, 15) is 45.0 Å². The summed E-state index contributed by atoms with van der Waals surface area (Å²) in [7, 11) is 1.23. The number of hydrogen-bond donors (Lipinski definition) is 0. The SMILES string of the molecule is C#CCOC(=O)OC(C)O/C(=C(/C#N)c1ccc(C(C)(C)C)cc1)c1c(Cl)c(C)nn1CC.C=CCOC(=O)OC(C)O/C(=C(/C#N)c1ccc(C(C)(C)C)cc1)c1c(Cl)c(C)nn1CC.CCSC(=O)OC(C)O/C(=C(/C#N)c1ccc(C(C)(C)C)cc1)c1c(Cl)c(C)nn1CC.CCn1nc(C)c(Cl)c1/C(OC(C)OC(=O)SCC(=O)OC)=C(\C#N)c1ccc(C(C)(C)C)cc1. The maximum Gasteiger partial charge on any atom is 0.512 e. The first-order chi connectivity index (χ1) is 62.5. The molecule has 4 unspecified atom stereocenters. The predicted molar refractivity (Wildman–Crippen MR) is 523 cm³/mol. The molecule has 0 aliphatic heterocycles. The zero-order valence-corrected chi connectivity index (χ0v) is 84.9. The molecule has 0 aliphatic carbocycles. The third-order valence-electron chi connectivity index (χ3n) is 19.4. The van der Waals surface area contributed by atoms with Crippen LogP contribution in [0, 0.1) is 85.4 Å². The number of aromatic nitrogens is 8. The molecule has 0 bridgehead atoms. The van der Waals surface area contributed by atoms with Crippen LogP contribution < -0.4 is 0 Å². The van der Waals surface area contributed by atoms with E-state index in [1.807, 2.05) is 132 Å². The number of rotatable bonds is 30. The Morgan fingerprint density at radius 1 is 0.414 bits per heavy atom. The van der Waals surface area contributed by atoms with Gasteiger partial charge in [0.05, 0.1) is 50.0 Å². The van der Waals surface area contributed by atoms with Crippen LogP contribution in [0.25, 0.3) is 45.3 Å². The van der Waals surface area contributed by atoms with Crippen molar-refractivity contribution in [3.05, 3.63) is 220 Å². The Hall–Kier alpha value is -12.1. The Kier molecular flexibility index (Phi) is 43.0. The first kappa shape index (κ1) is 111. The molecule has 8 rings (SSSR count). The summed E-state index contributed by atoms with van der Waals surface area (Å²) in [6.45, 7) is 53.3. The molecule has 4 heterocycles. The number of hydrogen-bond acceptors (Lipinski definition) is 26. The van der Waals surface area contributed by atoms with Crippen molar-refractivity contribution in [2.45, 2.75) is 246 Å². The van der Waals surface area contributed by atoms with Crippen LogP contribution in [0.15, 0.2) is 110 Å². The minimum atomic E-state index is -1.10. The molecule has 8 aromatic rings. The summed E-state index contributed by atoms with van der Waals surface area (Å²) >= 11 is 28.0. The van der Waals surface area contributed by atoms with Gasteiger partial charge in [-0.15, -0.1) is 6.42 Å². The lowest BCUT2D eigenvalue weighted by Gasteiger charge is -2.21. The Balaban J connectivity index is 0.000000314. The van der Waals surface area contributed by atoms with Gasteiger partial charge in [-0.25, -0.2) is 19.2 Å². The standard InChI is InChI=1S/C25H30ClN3O5S.C25H30ClN3O4.C25H28ClN3O4.C24H30ClN3O3S/c1-8-29-22(21(26)15(2)28-29)23(33-16(3)34-24(31)35-14-20(30)32-7)19(13-27)17-9-11-18(12-10-17)25(4,5)6;2*1-8-14-31-24(30)33-17(4)32-23(22-21(26)16(3)28-29(22)9-2)20(15-27)18-10-12-19(13-11-18)25(5,6)7;1-8-28-21(20(25)15(3)27-28)22(30-16(4)31-23(29)32-9-2)19(14-26)17-10-12-18(13-11-17)24(5,6)7/h9-12,16H,8,14H2,1-7H3;8,10-13,17H,1,9,14H2,2-7H3;1,10-13,17H,9,14H2,2-7H3;10-13,16H,8-9H2,1-7H3/b23-19-;2*23-20-;22-19-.